The molecule has 0 bridgehead atoms. The third-order valence-electron chi connectivity index (χ3n) is 2.58. The normalized spacial score (nSPS) is 14.1. The smallest absolute Gasteiger partial charge is 0.216 e. The number of pyridine rings is 1. The van der Waals surface area contributed by atoms with Gasteiger partial charge in [0.25, 0.3) is 0 Å². The lowest BCUT2D eigenvalue weighted by molar-refractivity contribution is -0.119. The number of carbonyl (C=O) groups excluding carboxylic acids is 1. The summed E-state index contributed by atoms with van der Waals surface area (Å²) in [7, 11) is 0. The van der Waals surface area contributed by atoms with E-state index in [1.807, 2.05) is 6.92 Å². The van der Waals surface area contributed by atoms with Crippen molar-refractivity contribution >= 4 is 5.91 Å². The molecule has 0 aliphatic rings. The predicted molar refractivity (Wildman–Crippen MR) is 63.2 cm³/mol. The number of aliphatic hydroxyl groups is 2. The number of aryl methyl sites for hydroxylation is 1. The summed E-state index contributed by atoms with van der Waals surface area (Å²) in [5.41, 5.74) is 1.49. The Bertz CT molecular complexity index is 382. The molecule has 3 N–H and O–H groups in total. The van der Waals surface area contributed by atoms with Crippen LogP contribution >= 0.6 is 0 Å². The number of hydrogen-bond donors (Lipinski definition) is 3. The van der Waals surface area contributed by atoms with Gasteiger partial charge in [0, 0.05) is 31.4 Å². The number of aliphatic hydroxyl groups excluding tert-OH is 2. The van der Waals surface area contributed by atoms with Gasteiger partial charge in [-0.15, -0.1) is 0 Å². The number of carbonyl (C=O) groups is 1. The minimum absolute atomic E-state index is 0.149. The first-order chi connectivity index (χ1) is 8.02. The number of nitrogens with one attached hydrogen (secondary N) is 1. The SMILES string of the molecule is CC(=O)NCCC(O)C(O)c1cnccc1C. The molecule has 0 spiro atoms. The van der Waals surface area contributed by atoms with Crippen LogP contribution in [0.15, 0.2) is 18.5 Å². The highest BCUT2D eigenvalue weighted by Gasteiger charge is 2.19. The van der Waals surface area contributed by atoms with E-state index < -0.39 is 12.2 Å². The lowest BCUT2D eigenvalue weighted by Crippen LogP contribution is -2.28. The number of hydrogen-bond acceptors (Lipinski definition) is 4. The van der Waals surface area contributed by atoms with Gasteiger partial charge in [-0.3, -0.25) is 9.78 Å². The topological polar surface area (TPSA) is 82.5 Å². The van der Waals surface area contributed by atoms with Gasteiger partial charge in [-0.2, -0.15) is 0 Å². The van der Waals surface area contributed by atoms with Crippen LogP contribution < -0.4 is 5.32 Å². The fraction of sp³-hybridized carbons (Fsp3) is 0.500. The maximum atomic E-state index is 10.7. The first kappa shape index (κ1) is 13.6. The Labute approximate surface area is 101 Å². The van der Waals surface area contributed by atoms with Crippen LogP contribution in [-0.4, -0.2) is 33.8 Å². The first-order valence-corrected chi connectivity index (χ1v) is 5.53. The Hall–Kier alpha value is -1.46. The Morgan fingerprint density at radius 2 is 2.24 bits per heavy atom. The lowest BCUT2D eigenvalue weighted by Gasteiger charge is -2.19. The van der Waals surface area contributed by atoms with Crippen molar-refractivity contribution in [3.8, 4) is 0 Å². The molecule has 1 rings (SSSR count). The van der Waals surface area contributed by atoms with Crippen molar-refractivity contribution in [1.82, 2.24) is 10.3 Å². The fourth-order valence-electron chi connectivity index (χ4n) is 1.55. The summed E-state index contributed by atoms with van der Waals surface area (Å²) in [6.07, 6.45) is 1.59. The summed E-state index contributed by atoms with van der Waals surface area (Å²) in [4.78, 5) is 14.6. The molecule has 17 heavy (non-hydrogen) atoms. The monoisotopic (exact) mass is 238 g/mol. The Morgan fingerprint density at radius 3 is 2.82 bits per heavy atom. The van der Waals surface area contributed by atoms with Gasteiger partial charge in [-0.25, -0.2) is 0 Å². The molecule has 0 saturated carbocycles. The summed E-state index contributed by atoms with van der Waals surface area (Å²) < 4.78 is 0. The van der Waals surface area contributed by atoms with Crippen LogP contribution in [0.25, 0.3) is 0 Å². The van der Waals surface area contributed by atoms with Crippen molar-refractivity contribution in [2.75, 3.05) is 6.54 Å². The second-order valence-corrected chi connectivity index (χ2v) is 4.02. The van der Waals surface area contributed by atoms with Gasteiger partial charge in [-0.05, 0) is 25.0 Å². The van der Waals surface area contributed by atoms with Gasteiger partial charge in [-0.1, -0.05) is 0 Å². The van der Waals surface area contributed by atoms with Crippen molar-refractivity contribution in [1.29, 1.82) is 0 Å². The van der Waals surface area contributed by atoms with E-state index in [4.69, 9.17) is 0 Å². The third kappa shape index (κ3) is 4.13. The quantitative estimate of drug-likeness (QED) is 0.689. The van der Waals surface area contributed by atoms with Crippen LogP contribution in [0.4, 0.5) is 0 Å². The van der Waals surface area contributed by atoms with Crippen molar-refractivity contribution in [2.24, 2.45) is 0 Å². The van der Waals surface area contributed by atoms with E-state index >= 15 is 0 Å². The average Bonchev–Trinajstić information content (AvgIpc) is 2.28. The second kappa shape index (κ2) is 6.32. The molecule has 5 heteroatoms. The molecule has 5 nitrogen and oxygen atoms in total. The second-order valence-electron chi connectivity index (χ2n) is 4.02. The van der Waals surface area contributed by atoms with Crippen molar-refractivity contribution in [3.63, 3.8) is 0 Å². The highest BCUT2D eigenvalue weighted by Crippen LogP contribution is 2.20. The number of amides is 1. The molecule has 0 saturated heterocycles. The molecule has 1 amide bonds. The van der Waals surface area contributed by atoms with Gasteiger partial charge in [0.1, 0.15) is 6.10 Å². The maximum Gasteiger partial charge on any atom is 0.216 e. The van der Waals surface area contributed by atoms with Crippen LogP contribution in [0, 0.1) is 6.92 Å². The summed E-state index contributed by atoms with van der Waals surface area (Å²) in [6, 6.07) is 1.78. The molecule has 0 fully saturated rings. The molecule has 94 valence electrons. The largest absolute Gasteiger partial charge is 0.390 e. The lowest BCUT2D eigenvalue weighted by atomic mass is 10.00. The summed E-state index contributed by atoms with van der Waals surface area (Å²) in [5.74, 6) is -0.149. The number of nitrogens with zero attached hydrogens (tertiary/aromatic N) is 1. The molecule has 2 unspecified atom stereocenters. The van der Waals surface area contributed by atoms with Gasteiger partial charge in [0.2, 0.25) is 5.91 Å². The van der Waals surface area contributed by atoms with Gasteiger partial charge >= 0.3 is 0 Å². The highest BCUT2D eigenvalue weighted by molar-refractivity contribution is 5.72. The predicted octanol–water partition coefficient (Wildman–Crippen LogP) is 0.311. The van der Waals surface area contributed by atoms with E-state index in [9.17, 15) is 15.0 Å². The molecule has 1 heterocycles. The molecular weight excluding hydrogens is 220 g/mol. The standard InChI is InChI=1S/C12H18N2O3/c1-8-3-5-13-7-10(8)12(17)11(16)4-6-14-9(2)15/h3,5,7,11-12,16-17H,4,6H2,1-2H3,(H,14,15). The van der Waals surface area contributed by atoms with E-state index in [0.717, 1.165) is 5.56 Å². The van der Waals surface area contributed by atoms with Crippen molar-refractivity contribution in [2.45, 2.75) is 32.5 Å². The summed E-state index contributed by atoms with van der Waals surface area (Å²) in [6.45, 7) is 3.60. The van der Waals surface area contributed by atoms with Gasteiger partial charge < -0.3 is 15.5 Å². The van der Waals surface area contributed by atoms with E-state index in [1.165, 1.54) is 6.92 Å². The fourth-order valence-corrected chi connectivity index (χ4v) is 1.55. The Kier molecular flexibility index (Phi) is 5.06. The Balaban J connectivity index is 2.55. The maximum absolute atomic E-state index is 10.7. The highest BCUT2D eigenvalue weighted by atomic mass is 16.3. The van der Waals surface area contributed by atoms with E-state index in [0.29, 0.717) is 18.5 Å². The van der Waals surface area contributed by atoms with Crippen LogP contribution in [-0.2, 0) is 4.79 Å². The minimum atomic E-state index is -0.975. The number of rotatable bonds is 5. The van der Waals surface area contributed by atoms with Gasteiger partial charge in [0.05, 0.1) is 6.10 Å². The third-order valence-corrected chi connectivity index (χ3v) is 2.58. The van der Waals surface area contributed by atoms with Crippen LogP contribution in [0.2, 0.25) is 0 Å². The molecule has 0 aliphatic heterocycles. The molecule has 2 atom stereocenters. The molecule has 1 aromatic heterocycles. The minimum Gasteiger partial charge on any atom is -0.390 e. The van der Waals surface area contributed by atoms with Gasteiger partial charge in [0.15, 0.2) is 0 Å². The van der Waals surface area contributed by atoms with E-state index in [2.05, 4.69) is 10.3 Å². The molecule has 0 radical (unpaired) electrons. The van der Waals surface area contributed by atoms with E-state index in [-0.39, 0.29) is 5.91 Å². The summed E-state index contributed by atoms with van der Waals surface area (Å²) >= 11 is 0. The first-order valence-electron chi connectivity index (χ1n) is 5.53. The van der Waals surface area contributed by atoms with Crippen LogP contribution in [0.3, 0.4) is 0 Å². The van der Waals surface area contributed by atoms with E-state index in [1.54, 1.807) is 18.5 Å². The zero-order valence-corrected chi connectivity index (χ0v) is 10.1. The zero-order chi connectivity index (χ0) is 12.8. The molecule has 0 aliphatic carbocycles. The molecule has 1 aromatic rings. The van der Waals surface area contributed by atoms with Crippen LogP contribution in [0.1, 0.15) is 30.6 Å². The Morgan fingerprint density at radius 1 is 1.53 bits per heavy atom. The zero-order valence-electron chi connectivity index (χ0n) is 10.1. The van der Waals surface area contributed by atoms with Crippen molar-refractivity contribution in [3.05, 3.63) is 29.6 Å². The summed E-state index contributed by atoms with van der Waals surface area (Å²) in [5, 5.41) is 22.3. The number of aromatic nitrogens is 1. The molecule has 0 aromatic carbocycles. The molecular formula is C12H18N2O3. The van der Waals surface area contributed by atoms with Crippen molar-refractivity contribution < 1.29 is 15.0 Å². The average molecular weight is 238 g/mol. The van der Waals surface area contributed by atoms with Crippen LogP contribution in [0.5, 0.6) is 0 Å².